The highest BCUT2D eigenvalue weighted by molar-refractivity contribution is 5.31. The molecule has 124 valence electrons. The summed E-state index contributed by atoms with van der Waals surface area (Å²) >= 11 is 0. The van der Waals surface area contributed by atoms with Crippen LogP contribution in [0.25, 0.3) is 0 Å². The van der Waals surface area contributed by atoms with Crippen LogP contribution in [0.4, 0.5) is 19.1 Å². The fourth-order valence-electron chi connectivity index (χ4n) is 2.33. The van der Waals surface area contributed by atoms with Gasteiger partial charge in [-0.15, -0.1) is 0 Å². The maximum Gasteiger partial charge on any atom is 0.433 e. The third-order valence-electron chi connectivity index (χ3n) is 3.42. The van der Waals surface area contributed by atoms with Crippen molar-refractivity contribution >= 4 is 5.95 Å². The highest BCUT2D eigenvalue weighted by Crippen LogP contribution is 2.28. The van der Waals surface area contributed by atoms with Crippen LogP contribution in [0.15, 0.2) is 12.3 Å². The number of hydrogen-bond acceptors (Lipinski definition) is 6. The van der Waals surface area contributed by atoms with Gasteiger partial charge in [-0.2, -0.15) is 13.2 Å². The molecule has 2 heterocycles. The van der Waals surface area contributed by atoms with E-state index >= 15 is 0 Å². The standard InChI is InChI=1S/C13H19F3N4O2/c1-22-9-10(21)8-19-4-6-20(7-5-19)12-17-3-2-11(18-12)13(14,15)16/h2-3,10,21H,4-9H2,1H3. The number of halogens is 3. The zero-order chi connectivity index (χ0) is 16.2. The van der Waals surface area contributed by atoms with Gasteiger partial charge in [0, 0.05) is 46.0 Å². The van der Waals surface area contributed by atoms with Crippen LogP contribution in [0.2, 0.25) is 0 Å². The zero-order valence-corrected chi connectivity index (χ0v) is 12.3. The summed E-state index contributed by atoms with van der Waals surface area (Å²) in [4.78, 5) is 11.3. The molecule has 1 aliphatic rings. The molecule has 1 atom stereocenters. The Balaban J connectivity index is 1.92. The maximum atomic E-state index is 12.7. The molecule has 2 rings (SSSR count). The van der Waals surface area contributed by atoms with Crippen LogP contribution < -0.4 is 4.90 Å². The molecular formula is C13H19F3N4O2. The normalized spacial score (nSPS) is 18.5. The van der Waals surface area contributed by atoms with Crippen molar-refractivity contribution in [2.75, 3.05) is 51.3 Å². The van der Waals surface area contributed by atoms with Crippen molar-refractivity contribution in [3.05, 3.63) is 18.0 Å². The molecule has 0 radical (unpaired) electrons. The average Bonchev–Trinajstić information content (AvgIpc) is 2.47. The molecule has 1 aromatic heterocycles. The second kappa shape index (κ2) is 7.21. The van der Waals surface area contributed by atoms with E-state index in [9.17, 15) is 18.3 Å². The Hall–Kier alpha value is -1.45. The summed E-state index contributed by atoms with van der Waals surface area (Å²) in [7, 11) is 1.52. The average molecular weight is 320 g/mol. The SMILES string of the molecule is COCC(O)CN1CCN(c2nccc(C(F)(F)F)n2)CC1. The number of anilines is 1. The molecule has 22 heavy (non-hydrogen) atoms. The van der Waals surface area contributed by atoms with E-state index in [-0.39, 0.29) is 12.6 Å². The molecule has 1 unspecified atom stereocenters. The first-order chi connectivity index (χ1) is 10.4. The van der Waals surface area contributed by atoms with Crippen molar-refractivity contribution in [1.82, 2.24) is 14.9 Å². The van der Waals surface area contributed by atoms with Crippen molar-refractivity contribution in [2.45, 2.75) is 12.3 Å². The van der Waals surface area contributed by atoms with Gasteiger partial charge in [0.2, 0.25) is 5.95 Å². The first-order valence-electron chi connectivity index (χ1n) is 6.94. The van der Waals surface area contributed by atoms with E-state index in [1.165, 1.54) is 7.11 Å². The van der Waals surface area contributed by atoms with E-state index in [0.717, 1.165) is 12.3 Å². The molecule has 9 heteroatoms. The third kappa shape index (κ3) is 4.52. The highest BCUT2D eigenvalue weighted by atomic mass is 19.4. The van der Waals surface area contributed by atoms with Crippen LogP contribution in [0, 0.1) is 0 Å². The van der Waals surface area contributed by atoms with Crippen LogP contribution in [-0.2, 0) is 10.9 Å². The Bertz CT molecular complexity index is 479. The molecule has 0 bridgehead atoms. The minimum absolute atomic E-state index is 0.0897. The predicted molar refractivity (Wildman–Crippen MR) is 73.6 cm³/mol. The van der Waals surface area contributed by atoms with Crippen LogP contribution in [0.3, 0.4) is 0 Å². The number of methoxy groups -OCH3 is 1. The predicted octanol–water partition coefficient (Wildman–Crippen LogP) is 0.625. The molecule has 1 aliphatic heterocycles. The van der Waals surface area contributed by atoms with Crippen molar-refractivity contribution < 1.29 is 23.0 Å². The fraction of sp³-hybridized carbons (Fsp3) is 0.692. The van der Waals surface area contributed by atoms with E-state index < -0.39 is 18.0 Å². The number of rotatable bonds is 5. The lowest BCUT2D eigenvalue weighted by atomic mass is 10.2. The molecule has 0 amide bonds. The molecule has 0 aliphatic carbocycles. The van der Waals surface area contributed by atoms with Crippen LogP contribution >= 0.6 is 0 Å². The van der Waals surface area contributed by atoms with Gasteiger partial charge < -0.3 is 14.7 Å². The number of aliphatic hydroxyl groups excluding tert-OH is 1. The molecule has 1 N–H and O–H groups in total. The van der Waals surface area contributed by atoms with Crippen LogP contribution in [0.1, 0.15) is 5.69 Å². The first-order valence-corrected chi connectivity index (χ1v) is 6.94. The van der Waals surface area contributed by atoms with Gasteiger partial charge in [-0.1, -0.05) is 0 Å². The minimum Gasteiger partial charge on any atom is -0.389 e. The summed E-state index contributed by atoms with van der Waals surface area (Å²) in [5.74, 6) is 0.0897. The lowest BCUT2D eigenvalue weighted by molar-refractivity contribution is -0.141. The van der Waals surface area contributed by atoms with Gasteiger partial charge >= 0.3 is 6.18 Å². The second-order valence-corrected chi connectivity index (χ2v) is 5.14. The Morgan fingerprint density at radius 1 is 1.32 bits per heavy atom. The lowest BCUT2D eigenvalue weighted by Crippen LogP contribution is -2.49. The van der Waals surface area contributed by atoms with Crippen molar-refractivity contribution in [1.29, 1.82) is 0 Å². The largest absolute Gasteiger partial charge is 0.433 e. The van der Waals surface area contributed by atoms with Gasteiger partial charge in [-0.3, -0.25) is 4.90 Å². The van der Waals surface area contributed by atoms with E-state index in [0.29, 0.717) is 32.7 Å². The summed E-state index contributed by atoms with van der Waals surface area (Å²) in [6.07, 6.45) is -3.91. The number of hydrogen-bond donors (Lipinski definition) is 1. The minimum atomic E-state index is -4.47. The second-order valence-electron chi connectivity index (χ2n) is 5.14. The van der Waals surface area contributed by atoms with E-state index in [1.807, 2.05) is 4.90 Å². The zero-order valence-electron chi connectivity index (χ0n) is 12.3. The number of β-amino-alcohol motifs (C(OH)–C–C–N with tert-alkyl or cyclic N) is 1. The Morgan fingerprint density at radius 2 is 2.00 bits per heavy atom. The monoisotopic (exact) mass is 320 g/mol. The molecule has 0 spiro atoms. The van der Waals surface area contributed by atoms with E-state index in [1.54, 1.807) is 4.90 Å². The smallest absolute Gasteiger partial charge is 0.389 e. The van der Waals surface area contributed by atoms with Crippen molar-refractivity contribution in [2.24, 2.45) is 0 Å². The van der Waals surface area contributed by atoms with E-state index in [4.69, 9.17) is 4.74 Å². The molecule has 1 fully saturated rings. The molecular weight excluding hydrogens is 301 g/mol. The van der Waals surface area contributed by atoms with Gasteiger partial charge in [0.1, 0.15) is 5.69 Å². The highest BCUT2D eigenvalue weighted by Gasteiger charge is 2.33. The molecule has 6 nitrogen and oxygen atoms in total. The summed E-state index contributed by atoms with van der Waals surface area (Å²) < 4.78 is 42.8. The summed E-state index contributed by atoms with van der Waals surface area (Å²) in [6, 6.07) is 0.862. The van der Waals surface area contributed by atoms with E-state index in [2.05, 4.69) is 9.97 Å². The number of piperazine rings is 1. The number of nitrogens with zero attached hydrogens (tertiary/aromatic N) is 4. The number of ether oxygens (including phenoxy) is 1. The fourth-order valence-corrected chi connectivity index (χ4v) is 2.33. The van der Waals surface area contributed by atoms with Crippen molar-refractivity contribution in [3.63, 3.8) is 0 Å². The lowest BCUT2D eigenvalue weighted by Gasteiger charge is -2.35. The van der Waals surface area contributed by atoms with Gasteiger partial charge in [0.25, 0.3) is 0 Å². The van der Waals surface area contributed by atoms with Gasteiger partial charge in [0.15, 0.2) is 0 Å². The van der Waals surface area contributed by atoms with Gasteiger partial charge in [-0.25, -0.2) is 9.97 Å². The molecule has 1 aromatic rings. The van der Waals surface area contributed by atoms with Gasteiger partial charge in [-0.05, 0) is 6.07 Å². The maximum absolute atomic E-state index is 12.7. The van der Waals surface area contributed by atoms with Gasteiger partial charge in [0.05, 0.1) is 12.7 Å². The topological polar surface area (TPSA) is 61.7 Å². The quantitative estimate of drug-likeness (QED) is 0.858. The Labute approximate surface area is 126 Å². The molecule has 0 saturated carbocycles. The first kappa shape index (κ1) is 16.9. The summed E-state index contributed by atoms with van der Waals surface area (Å²) in [6.45, 7) is 3.02. The number of alkyl halides is 3. The summed E-state index contributed by atoms with van der Waals surface area (Å²) in [5.41, 5.74) is -0.935. The van der Waals surface area contributed by atoms with Crippen LogP contribution in [0.5, 0.6) is 0 Å². The number of aliphatic hydroxyl groups is 1. The van der Waals surface area contributed by atoms with Crippen LogP contribution in [-0.4, -0.2) is 72.5 Å². The molecule has 0 aromatic carbocycles. The molecule has 1 saturated heterocycles. The van der Waals surface area contributed by atoms with Crippen molar-refractivity contribution in [3.8, 4) is 0 Å². The Morgan fingerprint density at radius 3 is 2.59 bits per heavy atom. The Kier molecular flexibility index (Phi) is 5.54. The third-order valence-corrected chi connectivity index (χ3v) is 3.42. The summed E-state index contributed by atoms with van der Waals surface area (Å²) in [5, 5.41) is 9.68. The number of aromatic nitrogens is 2.